The van der Waals surface area contributed by atoms with Crippen LogP contribution >= 0.6 is 0 Å². The van der Waals surface area contributed by atoms with E-state index in [1.807, 2.05) is 0 Å². The lowest BCUT2D eigenvalue weighted by molar-refractivity contribution is -0.137. The average molecular weight is 264 g/mol. The molecule has 18 heavy (non-hydrogen) atoms. The molecule has 0 aromatic heterocycles. The molecule has 1 aliphatic heterocycles. The number of aliphatic hydroxyl groups is 1. The Balaban J connectivity index is 2.31. The second kappa shape index (κ2) is 4.85. The van der Waals surface area contributed by atoms with E-state index in [2.05, 4.69) is 0 Å². The molecule has 2 nitrogen and oxygen atoms in total. The molecule has 1 aromatic carbocycles. The maximum atomic E-state index is 13.5. The van der Waals surface area contributed by atoms with E-state index < -0.39 is 23.7 Å². The maximum absolute atomic E-state index is 13.5. The largest absolute Gasteiger partial charge is 0.416 e. The molecule has 2 unspecified atom stereocenters. The molecule has 0 aliphatic carbocycles. The van der Waals surface area contributed by atoms with Crippen LogP contribution in [-0.4, -0.2) is 18.3 Å². The Morgan fingerprint density at radius 1 is 1.33 bits per heavy atom. The van der Waals surface area contributed by atoms with Gasteiger partial charge in [0.05, 0.1) is 18.3 Å². The van der Waals surface area contributed by atoms with Gasteiger partial charge in [0.25, 0.3) is 0 Å². The van der Waals surface area contributed by atoms with Gasteiger partial charge in [-0.05, 0) is 24.6 Å². The smallest absolute Gasteiger partial charge is 0.388 e. The maximum Gasteiger partial charge on any atom is 0.416 e. The van der Waals surface area contributed by atoms with E-state index in [0.29, 0.717) is 25.2 Å². The van der Waals surface area contributed by atoms with Crippen molar-refractivity contribution in [2.45, 2.75) is 18.7 Å². The summed E-state index contributed by atoms with van der Waals surface area (Å²) < 4.78 is 56.1. The highest BCUT2D eigenvalue weighted by atomic mass is 19.4. The van der Waals surface area contributed by atoms with E-state index in [9.17, 15) is 22.7 Å². The third-order valence-corrected chi connectivity index (χ3v) is 3.05. The molecular formula is C12H12F4O2. The first-order chi connectivity index (χ1) is 8.39. The molecular weight excluding hydrogens is 252 g/mol. The van der Waals surface area contributed by atoms with Crippen molar-refractivity contribution >= 4 is 0 Å². The first-order valence-corrected chi connectivity index (χ1v) is 5.52. The Bertz CT molecular complexity index is 425. The van der Waals surface area contributed by atoms with Gasteiger partial charge in [-0.1, -0.05) is 0 Å². The lowest BCUT2D eigenvalue weighted by atomic mass is 9.93. The van der Waals surface area contributed by atoms with Crippen molar-refractivity contribution < 1.29 is 27.4 Å². The number of halogens is 4. The third kappa shape index (κ3) is 2.64. The van der Waals surface area contributed by atoms with Crippen LogP contribution in [0.4, 0.5) is 17.6 Å². The highest BCUT2D eigenvalue weighted by Crippen LogP contribution is 2.35. The van der Waals surface area contributed by atoms with E-state index in [0.717, 1.165) is 6.07 Å². The van der Waals surface area contributed by atoms with Gasteiger partial charge >= 0.3 is 6.18 Å². The first kappa shape index (κ1) is 13.3. The second-order valence-corrected chi connectivity index (χ2v) is 4.30. The first-order valence-electron chi connectivity index (χ1n) is 5.52. The van der Waals surface area contributed by atoms with E-state index in [4.69, 9.17) is 4.74 Å². The van der Waals surface area contributed by atoms with Crippen LogP contribution in [0.2, 0.25) is 0 Å². The van der Waals surface area contributed by atoms with Gasteiger partial charge in [0.1, 0.15) is 5.82 Å². The van der Waals surface area contributed by atoms with Crippen molar-refractivity contribution in [2.24, 2.45) is 5.92 Å². The van der Waals surface area contributed by atoms with Gasteiger partial charge in [-0.15, -0.1) is 0 Å². The molecule has 1 aromatic rings. The number of rotatable bonds is 2. The van der Waals surface area contributed by atoms with Crippen molar-refractivity contribution in [2.75, 3.05) is 13.2 Å². The van der Waals surface area contributed by atoms with Gasteiger partial charge in [0, 0.05) is 18.1 Å². The fraction of sp³-hybridized carbons (Fsp3) is 0.500. The molecule has 0 radical (unpaired) electrons. The van der Waals surface area contributed by atoms with Crippen molar-refractivity contribution in [3.05, 3.63) is 35.1 Å². The van der Waals surface area contributed by atoms with E-state index >= 15 is 0 Å². The predicted molar refractivity (Wildman–Crippen MR) is 55.3 cm³/mol. The van der Waals surface area contributed by atoms with Crippen molar-refractivity contribution in [1.29, 1.82) is 0 Å². The summed E-state index contributed by atoms with van der Waals surface area (Å²) in [5.74, 6) is -1.19. The Kier molecular flexibility index (Phi) is 3.59. The standard InChI is InChI=1S/C12H12F4O2/c13-10-2-1-8(12(14,15)16)5-9(10)11(17)7-3-4-18-6-7/h1-2,5,7,11,17H,3-4,6H2. The Hall–Kier alpha value is -1.14. The monoisotopic (exact) mass is 264 g/mol. The Morgan fingerprint density at radius 3 is 2.61 bits per heavy atom. The summed E-state index contributed by atoms with van der Waals surface area (Å²) in [6.45, 7) is 0.666. The molecule has 1 heterocycles. The van der Waals surface area contributed by atoms with Crippen LogP contribution in [0.25, 0.3) is 0 Å². The molecule has 1 aliphatic rings. The summed E-state index contributed by atoms with van der Waals surface area (Å²) >= 11 is 0. The van der Waals surface area contributed by atoms with Crippen molar-refractivity contribution in [3.8, 4) is 0 Å². The van der Waals surface area contributed by atoms with E-state index in [1.54, 1.807) is 0 Å². The highest BCUT2D eigenvalue weighted by molar-refractivity contribution is 5.29. The van der Waals surface area contributed by atoms with Crippen molar-refractivity contribution in [3.63, 3.8) is 0 Å². The Morgan fingerprint density at radius 2 is 2.06 bits per heavy atom. The quantitative estimate of drug-likeness (QED) is 0.832. The number of ether oxygens (including phenoxy) is 1. The van der Waals surface area contributed by atoms with Crippen LogP contribution in [0, 0.1) is 11.7 Å². The SMILES string of the molecule is OC(c1cc(C(F)(F)F)ccc1F)C1CCOC1. The lowest BCUT2D eigenvalue weighted by Gasteiger charge is -2.18. The summed E-state index contributed by atoms with van der Waals surface area (Å²) in [4.78, 5) is 0. The normalized spacial score (nSPS) is 22.2. The second-order valence-electron chi connectivity index (χ2n) is 4.30. The molecule has 0 amide bonds. The van der Waals surface area contributed by atoms with Crippen LogP contribution < -0.4 is 0 Å². The van der Waals surface area contributed by atoms with E-state index in [1.165, 1.54) is 0 Å². The zero-order chi connectivity index (χ0) is 13.3. The van der Waals surface area contributed by atoms with Crippen LogP contribution in [0.1, 0.15) is 23.7 Å². The van der Waals surface area contributed by atoms with Gasteiger partial charge in [-0.3, -0.25) is 0 Å². The molecule has 100 valence electrons. The fourth-order valence-electron chi connectivity index (χ4n) is 2.00. The molecule has 1 N–H and O–H groups in total. The molecule has 0 saturated carbocycles. The van der Waals surface area contributed by atoms with Gasteiger partial charge in [-0.2, -0.15) is 13.2 Å². The summed E-state index contributed by atoms with van der Waals surface area (Å²) in [6, 6.07) is 2.06. The summed E-state index contributed by atoms with van der Waals surface area (Å²) in [5.41, 5.74) is -1.28. The summed E-state index contributed by atoms with van der Waals surface area (Å²) in [5, 5.41) is 9.90. The van der Waals surface area contributed by atoms with Crippen LogP contribution in [-0.2, 0) is 10.9 Å². The lowest BCUT2D eigenvalue weighted by Crippen LogP contribution is -2.15. The van der Waals surface area contributed by atoms with Gasteiger partial charge in [-0.25, -0.2) is 4.39 Å². The topological polar surface area (TPSA) is 29.5 Å². The summed E-state index contributed by atoms with van der Waals surface area (Å²) in [6.07, 6.45) is -5.31. The summed E-state index contributed by atoms with van der Waals surface area (Å²) in [7, 11) is 0. The van der Waals surface area contributed by atoms with Crippen LogP contribution in [0.5, 0.6) is 0 Å². The molecule has 1 fully saturated rings. The van der Waals surface area contributed by atoms with Crippen molar-refractivity contribution in [1.82, 2.24) is 0 Å². The van der Waals surface area contributed by atoms with E-state index in [-0.39, 0.29) is 18.1 Å². The molecule has 0 spiro atoms. The Labute approximate surface area is 101 Å². The minimum Gasteiger partial charge on any atom is -0.388 e. The fourth-order valence-corrected chi connectivity index (χ4v) is 2.00. The molecule has 6 heteroatoms. The highest BCUT2D eigenvalue weighted by Gasteiger charge is 2.33. The van der Waals surface area contributed by atoms with Gasteiger partial charge in [0.15, 0.2) is 0 Å². The number of hydrogen-bond donors (Lipinski definition) is 1. The molecule has 2 atom stereocenters. The molecule has 0 bridgehead atoms. The predicted octanol–water partition coefficient (Wildman–Crippen LogP) is 2.91. The number of benzene rings is 1. The number of aliphatic hydroxyl groups excluding tert-OH is 1. The third-order valence-electron chi connectivity index (χ3n) is 3.05. The molecule has 1 saturated heterocycles. The minimum absolute atomic E-state index is 0.233. The van der Waals surface area contributed by atoms with Crippen LogP contribution in [0.3, 0.4) is 0 Å². The number of alkyl halides is 3. The minimum atomic E-state index is -4.55. The van der Waals surface area contributed by atoms with Crippen LogP contribution in [0.15, 0.2) is 18.2 Å². The average Bonchev–Trinajstić information content (AvgIpc) is 2.80. The molecule has 2 rings (SSSR count). The zero-order valence-electron chi connectivity index (χ0n) is 9.38. The van der Waals surface area contributed by atoms with Gasteiger partial charge < -0.3 is 9.84 Å². The number of hydrogen-bond acceptors (Lipinski definition) is 2. The zero-order valence-corrected chi connectivity index (χ0v) is 9.38. The van der Waals surface area contributed by atoms with Gasteiger partial charge in [0.2, 0.25) is 0 Å².